The topological polar surface area (TPSA) is 67.1 Å². The summed E-state index contributed by atoms with van der Waals surface area (Å²) in [5, 5.41) is 0.928. The number of esters is 1. The summed E-state index contributed by atoms with van der Waals surface area (Å²) >= 11 is 0. The zero-order valence-corrected chi connectivity index (χ0v) is 20.5. The summed E-state index contributed by atoms with van der Waals surface area (Å²) in [4.78, 5) is 12.0. The molecule has 1 aliphatic rings. The van der Waals surface area contributed by atoms with E-state index in [1.54, 1.807) is 19.3 Å². The molecule has 1 saturated heterocycles. The van der Waals surface area contributed by atoms with Crippen LogP contribution in [-0.4, -0.2) is 30.9 Å². The van der Waals surface area contributed by atoms with Gasteiger partial charge in [-0.05, 0) is 64.8 Å². The maximum absolute atomic E-state index is 14.0. The summed E-state index contributed by atoms with van der Waals surface area (Å²) in [5.41, 5.74) is 2.86. The summed E-state index contributed by atoms with van der Waals surface area (Å²) in [6.07, 6.45) is 1.70. The molecule has 0 atom stereocenters. The highest BCUT2D eigenvalue weighted by atomic mass is 19.1. The van der Waals surface area contributed by atoms with E-state index in [2.05, 4.69) is 0 Å². The molecule has 6 nitrogen and oxygen atoms in total. The van der Waals surface area contributed by atoms with Crippen LogP contribution >= 0.6 is 0 Å². The van der Waals surface area contributed by atoms with Gasteiger partial charge in [-0.2, -0.15) is 0 Å². The van der Waals surface area contributed by atoms with Crippen molar-refractivity contribution in [3.05, 3.63) is 59.1 Å². The predicted molar refractivity (Wildman–Crippen MR) is 128 cm³/mol. The van der Waals surface area contributed by atoms with E-state index in [9.17, 15) is 9.18 Å². The fourth-order valence-corrected chi connectivity index (χ4v) is 3.91. The van der Waals surface area contributed by atoms with Crippen LogP contribution in [0.25, 0.3) is 11.0 Å². The quantitative estimate of drug-likeness (QED) is 0.364. The highest BCUT2D eigenvalue weighted by Crippen LogP contribution is 2.37. The van der Waals surface area contributed by atoms with Gasteiger partial charge >= 0.3 is 13.1 Å². The average Bonchev–Trinajstić information content (AvgIpc) is 3.23. The third-order valence-electron chi connectivity index (χ3n) is 6.53. The zero-order valence-electron chi connectivity index (χ0n) is 20.5. The Balaban J connectivity index is 1.64. The van der Waals surface area contributed by atoms with Crippen LogP contribution in [0.5, 0.6) is 5.75 Å². The maximum Gasteiger partial charge on any atom is 0.498 e. The molecular formula is C26H30BFO6. The lowest BCUT2D eigenvalue weighted by molar-refractivity contribution is -0.142. The largest absolute Gasteiger partial charge is 0.498 e. The Kier molecular flexibility index (Phi) is 6.49. The molecule has 1 aromatic heterocycles. The van der Waals surface area contributed by atoms with E-state index in [0.29, 0.717) is 16.9 Å². The van der Waals surface area contributed by atoms with Gasteiger partial charge in [0.05, 0.1) is 30.5 Å². The molecule has 4 rings (SSSR count). The van der Waals surface area contributed by atoms with Gasteiger partial charge in [0.25, 0.3) is 0 Å². The summed E-state index contributed by atoms with van der Waals surface area (Å²) in [6.45, 7) is 12.1. The van der Waals surface area contributed by atoms with E-state index in [0.717, 1.165) is 22.0 Å². The van der Waals surface area contributed by atoms with Crippen molar-refractivity contribution in [2.24, 2.45) is 0 Å². The smallest absolute Gasteiger partial charge is 0.488 e. The molecule has 8 heteroatoms. The normalized spacial score (nSPS) is 16.7. The molecule has 0 aliphatic carbocycles. The molecule has 2 heterocycles. The molecule has 0 unspecified atom stereocenters. The first-order valence-corrected chi connectivity index (χ1v) is 11.4. The Hall–Kier alpha value is -2.84. The average molecular weight is 468 g/mol. The monoisotopic (exact) mass is 468 g/mol. The highest BCUT2D eigenvalue weighted by molar-refractivity contribution is 6.64. The van der Waals surface area contributed by atoms with Gasteiger partial charge in [-0.25, -0.2) is 4.39 Å². The van der Waals surface area contributed by atoms with Gasteiger partial charge in [0.15, 0.2) is 0 Å². The van der Waals surface area contributed by atoms with E-state index in [1.807, 2.05) is 46.8 Å². The van der Waals surface area contributed by atoms with E-state index < -0.39 is 30.1 Å². The number of carbonyl (C=O) groups is 1. The molecule has 2 aromatic carbocycles. The van der Waals surface area contributed by atoms with Gasteiger partial charge in [0, 0.05) is 22.5 Å². The number of furan rings is 1. The third kappa shape index (κ3) is 4.70. The number of aryl methyl sites for hydroxylation is 1. The first kappa shape index (κ1) is 24.3. The van der Waals surface area contributed by atoms with Gasteiger partial charge < -0.3 is 23.2 Å². The Labute approximate surface area is 199 Å². The van der Waals surface area contributed by atoms with Crippen LogP contribution in [0.15, 0.2) is 41.0 Å². The van der Waals surface area contributed by atoms with Crippen LogP contribution in [0, 0.1) is 12.7 Å². The van der Waals surface area contributed by atoms with Crippen molar-refractivity contribution in [1.29, 1.82) is 0 Å². The minimum absolute atomic E-state index is 0.00248. The summed E-state index contributed by atoms with van der Waals surface area (Å²) in [5.74, 6) is -0.534. The second-order valence-electron chi connectivity index (χ2n) is 9.59. The number of hydrogen-bond acceptors (Lipinski definition) is 6. The van der Waals surface area contributed by atoms with Crippen molar-refractivity contribution in [2.45, 2.75) is 65.8 Å². The number of hydrogen-bond donors (Lipinski definition) is 0. The lowest BCUT2D eigenvalue weighted by Gasteiger charge is -2.32. The van der Waals surface area contributed by atoms with Crippen molar-refractivity contribution in [2.75, 3.05) is 6.61 Å². The van der Waals surface area contributed by atoms with E-state index in [4.69, 9.17) is 23.2 Å². The molecule has 1 fully saturated rings. The van der Waals surface area contributed by atoms with Crippen LogP contribution in [-0.2, 0) is 31.9 Å². The number of fused-ring (bicyclic) bond motifs is 1. The van der Waals surface area contributed by atoms with Crippen molar-refractivity contribution in [3.8, 4) is 5.75 Å². The van der Waals surface area contributed by atoms with Gasteiger partial charge in [-0.15, -0.1) is 0 Å². The van der Waals surface area contributed by atoms with Gasteiger partial charge in [0.2, 0.25) is 0 Å². The third-order valence-corrected chi connectivity index (χ3v) is 6.53. The minimum Gasteiger partial charge on any atom is -0.488 e. The Morgan fingerprint density at radius 1 is 1.09 bits per heavy atom. The first-order chi connectivity index (χ1) is 16.0. The molecule has 0 saturated carbocycles. The number of carbonyl (C=O) groups excluding carboxylic acids is 1. The lowest BCUT2D eigenvalue weighted by Crippen LogP contribution is -2.41. The molecule has 34 heavy (non-hydrogen) atoms. The summed E-state index contributed by atoms with van der Waals surface area (Å²) < 4.78 is 43.3. The van der Waals surface area contributed by atoms with E-state index in [-0.39, 0.29) is 19.6 Å². The van der Waals surface area contributed by atoms with Crippen molar-refractivity contribution in [1.82, 2.24) is 0 Å². The second-order valence-corrected chi connectivity index (χ2v) is 9.59. The molecule has 0 bridgehead atoms. The molecular weight excluding hydrogens is 438 g/mol. The SMILES string of the molecule is CCOC(=O)Cc1ccc(F)cc1OCc1cc(B2OC(C)(C)C(C)(C)O2)c2occ(C)c2c1. The Bertz CT molecular complexity index is 1200. The lowest BCUT2D eigenvalue weighted by atomic mass is 9.77. The second kappa shape index (κ2) is 9.08. The van der Waals surface area contributed by atoms with Crippen LogP contribution in [0.4, 0.5) is 4.39 Å². The molecule has 180 valence electrons. The number of halogens is 1. The standard InChI is InChI=1S/C26H30BFO6/c1-7-30-23(29)12-18-8-9-19(28)13-22(18)31-15-17-10-20-16(2)14-32-24(20)21(11-17)27-33-25(3,4)26(5,6)34-27/h8-11,13-14H,7,12,15H2,1-6H3. The highest BCUT2D eigenvalue weighted by Gasteiger charge is 2.52. The Morgan fingerprint density at radius 2 is 1.79 bits per heavy atom. The van der Waals surface area contributed by atoms with Crippen molar-refractivity contribution < 1.29 is 32.4 Å². The molecule has 0 spiro atoms. The molecule has 0 N–H and O–H groups in total. The fraction of sp³-hybridized carbons (Fsp3) is 0.423. The molecule has 1 aliphatic heterocycles. The Morgan fingerprint density at radius 3 is 2.47 bits per heavy atom. The number of ether oxygens (including phenoxy) is 2. The maximum atomic E-state index is 14.0. The van der Waals surface area contributed by atoms with Crippen LogP contribution < -0.4 is 10.2 Å². The van der Waals surface area contributed by atoms with Crippen LogP contribution in [0.1, 0.15) is 51.3 Å². The molecule has 0 radical (unpaired) electrons. The van der Waals surface area contributed by atoms with Gasteiger partial charge in [-0.1, -0.05) is 12.1 Å². The summed E-state index contributed by atoms with van der Waals surface area (Å²) in [7, 11) is -0.605. The predicted octanol–water partition coefficient (Wildman–Crippen LogP) is 4.86. The minimum atomic E-state index is -0.605. The van der Waals surface area contributed by atoms with E-state index >= 15 is 0 Å². The first-order valence-electron chi connectivity index (χ1n) is 11.4. The zero-order chi connectivity index (χ0) is 24.7. The summed E-state index contributed by atoms with van der Waals surface area (Å²) in [6, 6.07) is 8.04. The number of benzene rings is 2. The van der Waals surface area contributed by atoms with E-state index in [1.165, 1.54) is 12.1 Å². The van der Waals surface area contributed by atoms with Crippen molar-refractivity contribution >= 4 is 29.5 Å². The van der Waals surface area contributed by atoms with Crippen LogP contribution in [0.2, 0.25) is 0 Å². The molecule has 3 aromatic rings. The fourth-order valence-electron chi connectivity index (χ4n) is 3.91. The van der Waals surface area contributed by atoms with Crippen molar-refractivity contribution in [3.63, 3.8) is 0 Å². The van der Waals surface area contributed by atoms with Crippen LogP contribution in [0.3, 0.4) is 0 Å². The van der Waals surface area contributed by atoms with Gasteiger partial charge in [0.1, 0.15) is 23.8 Å². The molecule has 0 amide bonds. The number of rotatable bonds is 7. The van der Waals surface area contributed by atoms with Gasteiger partial charge in [-0.3, -0.25) is 4.79 Å².